The normalized spacial score (nSPS) is 10.2. The summed E-state index contributed by atoms with van der Waals surface area (Å²) in [5.74, 6) is 0.720. The quantitative estimate of drug-likeness (QED) is 0.760. The number of rotatable bonds is 2. The third kappa shape index (κ3) is 1.76. The van der Waals surface area contributed by atoms with Gasteiger partial charge in [0.2, 0.25) is 5.88 Å². The van der Waals surface area contributed by atoms with Crippen molar-refractivity contribution < 1.29 is 9.21 Å². The fourth-order valence-corrected chi connectivity index (χ4v) is 1.42. The lowest BCUT2D eigenvalue weighted by molar-refractivity contribution is 0.101. The first-order valence-electron chi connectivity index (χ1n) is 4.64. The molecule has 0 bridgehead atoms. The van der Waals surface area contributed by atoms with Gasteiger partial charge in [0.1, 0.15) is 5.76 Å². The van der Waals surface area contributed by atoms with Crippen LogP contribution in [0.4, 0.5) is 5.88 Å². The minimum atomic E-state index is -0.0848. The van der Waals surface area contributed by atoms with E-state index in [1.165, 1.54) is 6.92 Å². The van der Waals surface area contributed by atoms with Crippen molar-refractivity contribution >= 4 is 11.7 Å². The molecule has 0 saturated heterocycles. The summed E-state index contributed by atoms with van der Waals surface area (Å²) in [6, 6.07) is 11.2. The summed E-state index contributed by atoms with van der Waals surface area (Å²) in [7, 11) is 0. The molecule has 3 heteroatoms. The monoisotopic (exact) mass is 201 g/mol. The number of Topliss-reactive ketones (excluding diaryl/α,β-unsaturated/α-hetero) is 1. The number of furan rings is 1. The molecular weight excluding hydrogens is 190 g/mol. The topological polar surface area (TPSA) is 56.2 Å². The molecule has 0 saturated carbocycles. The molecular formula is C12H11NO2. The van der Waals surface area contributed by atoms with Gasteiger partial charge in [0, 0.05) is 5.56 Å². The Kier molecular flexibility index (Phi) is 2.29. The third-order valence-electron chi connectivity index (χ3n) is 2.20. The van der Waals surface area contributed by atoms with Gasteiger partial charge in [0.25, 0.3) is 0 Å². The third-order valence-corrected chi connectivity index (χ3v) is 2.20. The number of nitrogen functional groups attached to an aromatic ring is 1. The summed E-state index contributed by atoms with van der Waals surface area (Å²) < 4.78 is 5.32. The number of anilines is 1. The number of ketones is 1. The van der Waals surface area contributed by atoms with Crippen LogP contribution in [0.1, 0.15) is 17.3 Å². The molecule has 2 aromatic rings. The van der Waals surface area contributed by atoms with Gasteiger partial charge in [0.15, 0.2) is 5.78 Å². The van der Waals surface area contributed by atoms with Crippen LogP contribution < -0.4 is 5.73 Å². The van der Waals surface area contributed by atoms with Crippen LogP contribution in [-0.2, 0) is 0 Å². The average Bonchev–Trinajstić information content (AvgIpc) is 2.62. The second-order valence-electron chi connectivity index (χ2n) is 3.31. The van der Waals surface area contributed by atoms with E-state index in [9.17, 15) is 4.79 Å². The molecule has 1 heterocycles. The van der Waals surface area contributed by atoms with Crippen molar-refractivity contribution in [3.05, 3.63) is 42.0 Å². The summed E-state index contributed by atoms with van der Waals surface area (Å²) in [6.07, 6.45) is 0. The van der Waals surface area contributed by atoms with Gasteiger partial charge in [0.05, 0.1) is 5.56 Å². The van der Waals surface area contributed by atoms with Crippen LogP contribution in [0.5, 0.6) is 0 Å². The summed E-state index contributed by atoms with van der Waals surface area (Å²) in [5, 5.41) is 0. The van der Waals surface area contributed by atoms with Crippen LogP contribution in [-0.4, -0.2) is 5.78 Å². The minimum absolute atomic E-state index is 0.0848. The molecule has 0 amide bonds. The average molecular weight is 201 g/mol. The van der Waals surface area contributed by atoms with E-state index in [4.69, 9.17) is 10.2 Å². The number of benzene rings is 1. The van der Waals surface area contributed by atoms with Gasteiger partial charge >= 0.3 is 0 Å². The minimum Gasteiger partial charge on any atom is -0.440 e. The molecule has 0 spiro atoms. The number of carbonyl (C=O) groups excluding carboxylic acids is 1. The lowest BCUT2D eigenvalue weighted by Gasteiger charge is -1.93. The van der Waals surface area contributed by atoms with Crippen molar-refractivity contribution in [1.82, 2.24) is 0 Å². The van der Waals surface area contributed by atoms with Crippen molar-refractivity contribution in [2.45, 2.75) is 6.92 Å². The summed E-state index contributed by atoms with van der Waals surface area (Å²) in [5.41, 5.74) is 6.94. The highest BCUT2D eigenvalue weighted by molar-refractivity contribution is 5.99. The molecule has 0 fully saturated rings. The van der Waals surface area contributed by atoms with E-state index in [0.717, 1.165) is 5.56 Å². The first-order valence-corrected chi connectivity index (χ1v) is 4.64. The SMILES string of the molecule is CC(=O)c1cc(-c2ccccc2)oc1N. The maximum Gasteiger partial charge on any atom is 0.201 e. The van der Waals surface area contributed by atoms with Gasteiger partial charge in [-0.2, -0.15) is 0 Å². The molecule has 15 heavy (non-hydrogen) atoms. The molecule has 0 aliphatic carbocycles. The Morgan fingerprint density at radius 2 is 1.93 bits per heavy atom. The maximum atomic E-state index is 11.2. The summed E-state index contributed by atoms with van der Waals surface area (Å²) in [4.78, 5) is 11.2. The van der Waals surface area contributed by atoms with E-state index in [0.29, 0.717) is 11.3 Å². The highest BCUT2D eigenvalue weighted by Crippen LogP contribution is 2.27. The Balaban J connectivity index is 2.48. The van der Waals surface area contributed by atoms with E-state index >= 15 is 0 Å². The smallest absolute Gasteiger partial charge is 0.201 e. The highest BCUT2D eigenvalue weighted by Gasteiger charge is 2.12. The lowest BCUT2D eigenvalue weighted by Crippen LogP contribution is -1.94. The first-order chi connectivity index (χ1) is 7.18. The number of carbonyl (C=O) groups is 1. The first kappa shape index (κ1) is 9.52. The second-order valence-corrected chi connectivity index (χ2v) is 3.31. The van der Waals surface area contributed by atoms with Gasteiger partial charge in [-0.15, -0.1) is 0 Å². The van der Waals surface area contributed by atoms with Crippen LogP contribution in [0, 0.1) is 0 Å². The Bertz CT molecular complexity index is 486. The molecule has 3 nitrogen and oxygen atoms in total. The Morgan fingerprint density at radius 3 is 2.47 bits per heavy atom. The molecule has 0 aliphatic heterocycles. The molecule has 0 atom stereocenters. The lowest BCUT2D eigenvalue weighted by atomic mass is 10.1. The fraction of sp³-hybridized carbons (Fsp3) is 0.0833. The Morgan fingerprint density at radius 1 is 1.27 bits per heavy atom. The highest BCUT2D eigenvalue weighted by atomic mass is 16.4. The molecule has 0 radical (unpaired) electrons. The number of hydrogen-bond donors (Lipinski definition) is 1. The van der Waals surface area contributed by atoms with Crippen molar-refractivity contribution in [2.24, 2.45) is 0 Å². The molecule has 2 rings (SSSR count). The molecule has 0 unspecified atom stereocenters. The van der Waals surface area contributed by atoms with Crippen molar-refractivity contribution in [1.29, 1.82) is 0 Å². The predicted molar refractivity (Wildman–Crippen MR) is 58.6 cm³/mol. The van der Waals surface area contributed by atoms with Crippen LogP contribution in [0.15, 0.2) is 40.8 Å². The number of nitrogens with two attached hydrogens (primary N) is 1. The van der Waals surface area contributed by atoms with E-state index in [1.54, 1.807) is 6.07 Å². The van der Waals surface area contributed by atoms with Gasteiger partial charge in [-0.3, -0.25) is 4.79 Å². The van der Waals surface area contributed by atoms with Gasteiger partial charge < -0.3 is 10.2 Å². The summed E-state index contributed by atoms with van der Waals surface area (Å²) in [6.45, 7) is 1.47. The van der Waals surface area contributed by atoms with E-state index < -0.39 is 0 Å². The molecule has 0 aliphatic rings. The van der Waals surface area contributed by atoms with Crippen molar-refractivity contribution in [3.63, 3.8) is 0 Å². The van der Waals surface area contributed by atoms with E-state index in [-0.39, 0.29) is 11.7 Å². The molecule has 1 aromatic heterocycles. The predicted octanol–water partition coefficient (Wildman–Crippen LogP) is 2.73. The van der Waals surface area contributed by atoms with Crippen LogP contribution in [0.2, 0.25) is 0 Å². The van der Waals surface area contributed by atoms with E-state index in [2.05, 4.69) is 0 Å². The zero-order chi connectivity index (χ0) is 10.8. The molecule has 2 N–H and O–H groups in total. The number of hydrogen-bond acceptors (Lipinski definition) is 3. The van der Waals surface area contributed by atoms with Crippen LogP contribution in [0.3, 0.4) is 0 Å². The largest absolute Gasteiger partial charge is 0.440 e. The van der Waals surface area contributed by atoms with E-state index in [1.807, 2.05) is 30.3 Å². The van der Waals surface area contributed by atoms with Gasteiger partial charge in [-0.05, 0) is 13.0 Å². The second kappa shape index (κ2) is 3.61. The zero-order valence-electron chi connectivity index (χ0n) is 8.36. The Hall–Kier alpha value is -2.03. The van der Waals surface area contributed by atoms with Crippen molar-refractivity contribution in [2.75, 3.05) is 5.73 Å². The molecule has 1 aromatic carbocycles. The van der Waals surface area contributed by atoms with Crippen LogP contribution in [0.25, 0.3) is 11.3 Å². The maximum absolute atomic E-state index is 11.2. The van der Waals surface area contributed by atoms with Gasteiger partial charge in [-0.25, -0.2) is 0 Å². The van der Waals surface area contributed by atoms with Crippen molar-refractivity contribution in [3.8, 4) is 11.3 Å². The Labute approximate surface area is 87.5 Å². The fourth-order valence-electron chi connectivity index (χ4n) is 1.42. The zero-order valence-corrected chi connectivity index (χ0v) is 8.36. The van der Waals surface area contributed by atoms with Crippen LogP contribution >= 0.6 is 0 Å². The summed E-state index contributed by atoms with van der Waals surface area (Å²) >= 11 is 0. The molecule has 76 valence electrons. The standard InChI is InChI=1S/C12H11NO2/c1-8(14)10-7-11(15-12(10)13)9-5-3-2-4-6-9/h2-7H,13H2,1H3. The van der Waals surface area contributed by atoms with Gasteiger partial charge in [-0.1, -0.05) is 30.3 Å².